The van der Waals surface area contributed by atoms with E-state index >= 15 is 0 Å². The van der Waals surface area contributed by atoms with Crippen molar-refractivity contribution in [2.24, 2.45) is 5.92 Å². The summed E-state index contributed by atoms with van der Waals surface area (Å²) in [5, 5.41) is 3.55. The van der Waals surface area contributed by atoms with E-state index in [1.165, 1.54) is 10.4 Å². The maximum atomic E-state index is 13.8. The van der Waals surface area contributed by atoms with Crippen LogP contribution in [0.4, 0.5) is 10.1 Å². The minimum Gasteiger partial charge on any atom is -0.379 e. The van der Waals surface area contributed by atoms with Gasteiger partial charge in [0.15, 0.2) is 0 Å². The largest absolute Gasteiger partial charge is 0.379 e. The quantitative estimate of drug-likeness (QED) is 0.779. The molecule has 7 heteroatoms. The Morgan fingerprint density at radius 3 is 2.59 bits per heavy atom. The fraction of sp³-hybridized carbons (Fsp3) is 0.364. The second-order valence-electron chi connectivity index (χ2n) is 7.79. The summed E-state index contributed by atoms with van der Waals surface area (Å²) in [5.74, 6) is 0.232. The van der Waals surface area contributed by atoms with E-state index in [-0.39, 0.29) is 23.7 Å². The minimum atomic E-state index is -3.50. The molecule has 152 valence electrons. The van der Waals surface area contributed by atoms with Crippen molar-refractivity contribution in [2.75, 3.05) is 31.6 Å². The van der Waals surface area contributed by atoms with Gasteiger partial charge in [0.05, 0.1) is 24.2 Å². The molecule has 5 rings (SSSR count). The van der Waals surface area contributed by atoms with Gasteiger partial charge in [-0.25, -0.2) is 12.8 Å². The number of rotatable bonds is 3. The first-order valence-electron chi connectivity index (χ1n) is 9.94. The zero-order valence-corrected chi connectivity index (χ0v) is 16.7. The molecule has 2 aromatic rings. The van der Waals surface area contributed by atoms with Crippen LogP contribution in [0.3, 0.4) is 0 Å². The van der Waals surface area contributed by atoms with E-state index < -0.39 is 10.0 Å². The summed E-state index contributed by atoms with van der Waals surface area (Å²) in [6.07, 6.45) is 5.22. The van der Waals surface area contributed by atoms with Gasteiger partial charge in [-0.1, -0.05) is 24.3 Å². The van der Waals surface area contributed by atoms with Crippen LogP contribution in [0, 0.1) is 11.7 Å². The summed E-state index contributed by atoms with van der Waals surface area (Å²) in [6.45, 7) is 1.63. The summed E-state index contributed by atoms with van der Waals surface area (Å²) in [4.78, 5) is 0.308. The molecule has 0 saturated carbocycles. The molecule has 2 aromatic carbocycles. The van der Waals surface area contributed by atoms with E-state index in [1.54, 1.807) is 24.3 Å². The van der Waals surface area contributed by atoms with Crippen LogP contribution in [0.25, 0.3) is 0 Å². The van der Waals surface area contributed by atoms with Crippen molar-refractivity contribution in [3.63, 3.8) is 0 Å². The Bertz CT molecular complexity index is 1050. The van der Waals surface area contributed by atoms with Crippen LogP contribution in [0.2, 0.25) is 0 Å². The van der Waals surface area contributed by atoms with E-state index in [2.05, 4.69) is 17.5 Å². The highest BCUT2D eigenvalue weighted by Gasteiger charge is 2.38. The first-order chi connectivity index (χ1) is 14.0. The lowest BCUT2D eigenvalue weighted by Crippen LogP contribution is -2.40. The summed E-state index contributed by atoms with van der Waals surface area (Å²) >= 11 is 0. The van der Waals surface area contributed by atoms with E-state index in [4.69, 9.17) is 4.74 Å². The number of allylic oxidation sites excluding steroid dienone is 2. The van der Waals surface area contributed by atoms with Gasteiger partial charge in [-0.05, 0) is 53.8 Å². The second-order valence-corrected chi connectivity index (χ2v) is 9.73. The Kier molecular flexibility index (Phi) is 4.69. The zero-order chi connectivity index (χ0) is 20.0. The maximum absolute atomic E-state index is 13.8. The highest BCUT2D eigenvalue weighted by Crippen LogP contribution is 2.49. The Balaban J connectivity index is 1.44. The fourth-order valence-corrected chi connectivity index (χ4v) is 6.09. The molecule has 1 fully saturated rings. The van der Waals surface area contributed by atoms with Gasteiger partial charge in [0.2, 0.25) is 10.0 Å². The van der Waals surface area contributed by atoms with E-state index in [1.807, 2.05) is 12.1 Å². The number of ether oxygens (including phenoxy) is 1. The van der Waals surface area contributed by atoms with E-state index in [9.17, 15) is 12.8 Å². The number of halogens is 1. The Morgan fingerprint density at radius 2 is 1.83 bits per heavy atom. The van der Waals surface area contributed by atoms with Crippen LogP contribution >= 0.6 is 0 Å². The molecule has 0 amide bonds. The average Bonchev–Trinajstić information content (AvgIpc) is 3.24. The standard InChI is InChI=1S/C22H23FN2O3S/c23-16-6-9-21-20(14-16)18-2-1-3-19(18)22(24-21)15-4-7-17(8-5-15)29(26,27)25-10-12-28-13-11-25/h1-2,4-9,14,18-19,22,24H,3,10-13H2. The lowest BCUT2D eigenvalue weighted by molar-refractivity contribution is 0.0730. The molecule has 0 aromatic heterocycles. The molecule has 3 aliphatic rings. The Labute approximate surface area is 170 Å². The highest BCUT2D eigenvalue weighted by atomic mass is 32.2. The predicted octanol–water partition coefficient (Wildman–Crippen LogP) is 3.67. The Morgan fingerprint density at radius 1 is 1.07 bits per heavy atom. The molecular formula is C22H23FN2O3S. The van der Waals surface area contributed by atoms with Gasteiger partial charge in [-0.2, -0.15) is 4.31 Å². The molecule has 1 N–H and O–H groups in total. The molecule has 0 spiro atoms. The monoisotopic (exact) mass is 414 g/mol. The van der Waals surface area contributed by atoms with Gasteiger partial charge < -0.3 is 10.1 Å². The van der Waals surface area contributed by atoms with Crippen molar-refractivity contribution in [1.82, 2.24) is 4.31 Å². The molecule has 0 bridgehead atoms. The third kappa shape index (κ3) is 3.27. The van der Waals surface area contributed by atoms with Crippen LogP contribution < -0.4 is 5.32 Å². The van der Waals surface area contributed by atoms with Crippen LogP contribution in [-0.4, -0.2) is 39.0 Å². The third-order valence-corrected chi connectivity index (χ3v) is 8.08. The van der Waals surface area contributed by atoms with E-state index in [0.717, 1.165) is 23.2 Å². The number of sulfonamides is 1. The number of morpholine rings is 1. The average molecular weight is 415 g/mol. The molecule has 2 heterocycles. The highest BCUT2D eigenvalue weighted by molar-refractivity contribution is 7.89. The number of nitrogens with zero attached hydrogens (tertiary/aromatic N) is 1. The van der Waals surface area contributed by atoms with Crippen molar-refractivity contribution in [2.45, 2.75) is 23.3 Å². The number of anilines is 1. The number of fused-ring (bicyclic) bond motifs is 3. The number of benzene rings is 2. The zero-order valence-electron chi connectivity index (χ0n) is 15.9. The smallest absolute Gasteiger partial charge is 0.243 e. The molecule has 29 heavy (non-hydrogen) atoms. The fourth-order valence-electron chi connectivity index (χ4n) is 4.68. The van der Waals surface area contributed by atoms with Crippen LogP contribution in [0.5, 0.6) is 0 Å². The predicted molar refractivity (Wildman–Crippen MR) is 109 cm³/mol. The van der Waals surface area contributed by atoms with Crippen molar-refractivity contribution >= 4 is 15.7 Å². The van der Waals surface area contributed by atoms with Crippen molar-refractivity contribution < 1.29 is 17.5 Å². The number of hydrogen-bond donors (Lipinski definition) is 1. The summed E-state index contributed by atoms with van der Waals surface area (Å²) in [5.41, 5.74) is 2.97. The van der Waals surface area contributed by atoms with Crippen LogP contribution in [0.15, 0.2) is 59.5 Å². The normalized spacial score (nSPS) is 26.6. The lowest BCUT2D eigenvalue weighted by Gasteiger charge is -2.37. The number of nitrogens with one attached hydrogen (secondary N) is 1. The molecule has 1 saturated heterocycles. The molecule has 3 atom stereocenters. The summed E-state index contributed by atoms with van der Waals surface area (Å²) in [6, 6.07) is 12.1. The molecule has 0 radical (unpaired) electrons. The Hall–Kier alpha value is -2.22. The van der Waals surface area contributed by atoms with Crippen LogP contribution in [0.1, 0.15) is 29.5 Å². The molecule has 2 aliphatic heterocycles. The van der Waals surface area contributed by atoms with Gasteiger partial charge in [0.25, 0.3) is 0 Å². The number of hydrogen-bond acceptors (Lipinski definition) is 4. The second kappa shape index (κ2) is 7.23. The molecular weight excluding hydrogens is 391 g/mol. The molecule has 5 nitrogen and oxygen atoms in total. The SMILES string of the molecule is O=S(=O)(c1ccc(C2Nc3ccc(F)cc3C3C=CCC32)cc1)N1CCOCC1. The summed E-state index contributed by atoms with van der Waals surface area (Å²) < 4.78 is 46.2. The van der Waals surface area contributed by atoms with Crippen molar-refractivity contribution in [1.29, 1.82) is 0 Å². The van der Waals surface area contributed by atoms with Crippen LogP contribution in [-0.2, 0) is 14.8 Å². The first-order valence-corrected chi connectivity index (χ1v) is 11.4. The lowest BCUT2D eigenvalue weighted by atomic mass is 9.77. The molecule has 1 aliphatic carbocycles. The minimum absolute atomic E-state index is 0.0492. The summed E-state index contributed by atoms with van der Waals surface area (Å²) in [7, 11) is -3.50. The van der Waals surface area contributed by atoms with Crippen molar-refractivity contribution in [3.05, 3.63) is 71.6 Å². The van der Waals surface area contributed by atoms with Gasteiger partial charge in [0, 0.05) is 24.7 Å². The maximum Gasteiger partial charge on any atom is 0.243 e. The topological polar surface area (TPSA) is 58.6 Å². The van der Waals surface area contributed by atoms with Gasteiger partial charge in [-0.3, -0.25) is 0 Å². The third-order valence-electron chi connectivity index (χ3n) is 6.17. The van der Waals surface area contributed by atoms with E-state index in [0.29, 0.717) is 31.2 Å². The van der Waals surface area contributed by atoms with Gasteiger partial charge in [0.1, 0.15) is 5.82 Å². The first kappa shape index (κ1) is 18.8. The molecule has 3 unspecified atom stereocenters. The van der Waals surface area contributed by atoms with Crippen molar-refractivity contribution in [3.8, 4) is 0 Å². The van der Waals surface area contributed by atoms with Gasteiger partial charge >= 0.3 is 0 Å². The van der Waals surface area contributed by atoms with Gasteiger partial charge in [-0.15, -0.1) is 0 Å².